The van der Waals surface area contributed by atoms with Crippen LogP contribution in [0.3, 0.4) is 0 Å². The average molecular weight is 284 g/mol. The zero-order valence-corrected chi connectivity index (χ0v) is 10.0. The van der Waals surface area contributed by atoms with Crippen LogP contribution < -0.4 is 0 Å². The quantitative estimate of drug-likeness (QED) is 0.372. The first-order valence-electron chi connectivity index (χ1n) is 4.12. The first-order valence-corrected chi connectivity index (χ1v) is 6.16. The molecule has 0 N–H and O–H groups in total. The van der Waals surface area contributed by atoms with E-state index in [1.807, 2.05) is 6.08 Å². The minimum absolute atomic E-state index is 0.701. The van der Waals surface area contributed by atoms with Crippen LogP contribution >= 0.6 is 31.9 Å². The van der Waals surface area contributed by atoms with Crippen molar-refractivity contribution >= 4 is 31.9 Å². The van der Waals surface area contributed by atoms with Crippen LogP contribution in [0.15, 0.2) is 12.7 Å². The number of hydrogen-bond donors (Lipinski definition) is 0. The minimum Gasteiger partial charge on any atom is -0.103 e. The molecule has 0 spiro atoms. The van der Waals surface area contributed by atoms with E-state index in [-0.39, 0.29) is 0 Å². The first kappa shape index (κ1) is 11.7. The molecule has 0 aromatic heterocycles. The summed E-state index contributed by atoms with van der Waals surface area (Å²) in [6.45, 7) is 3.69. The predicted molar refractivity (Wildman–Crippen MR) is 59.8 cm³/mol. The van der Waals surface area contributed by atoms with E-state index in [1.165, 1.54) is 25.7 Å². The summed E-state index contributed by atoms with van der Waals surface area (Å²) in [6.07, 6.45) is 8.28. The smallest absolute Gasteiger partial charge is 0.0153 e. The van der Waals surface area contributed by atoms with E-state index in [0.717, 1.165) is 11.8 Å². The van der Waals surface area contributed by atoms with E-state index in [0.29, 0.717) is 4.83 Å². The SMILES string of the molecule is C=CCCCCC(Br)CCBr. The number of unbranched alkanes of at least 4 members (excludes halogenated alkanes) is 2. The Labute approximate surface area is 86.7 Å². The highest BCUT2D eigenvalue weighted by Gasteiger charge is 2.01. The molecule has 66 valence electrons. The first-order chi connectivity index (χ1) is 5.31. The zero-order valence-electron chi connectivity index (χ0n) is 6.86. The van der Waals surface area contributed by atoms with Gasteiger partial charge >= 0.3 is 0 Å². The van der Waals surface area contributed by atoms with Crippen molar-refractivity contribution in [1.82, 2.24) is 0 Å². The lowest BCUT2D eigenvalue weighted by molar-refractivity contribution is 0.659. The zero-order chi connectivity index (χ0) is 8.53. The van der Waals surface area contributed by atoms with E-state index in [2.05, 4.69) is 38.4 Å². The maximum absolute atomic E-state index is 3.69. The van der Waals surface area contributed by atoms with Gasteiger partial charge in [-0.25, -0.2) is 0 Å². The van der Waals surface area contributed by atoms with Crippen molar-refractivity contribution in [3.63, 3.8) is 0 Å². The van der Waals surface area contributed by atoms with Gasteiger partial charge < -0.3 is 0 Å². The highest BCUT2D eigenvalue weighted by molar-refractivity contribution is 9.10. The second kappa shape index (κ2) is 8.79. The Balaban J connectivity index is 3.03. The molecule has 1 unspecified atom stereocenters. The number of allylic oxidation sites excluding steroid dienone is 1. The van der Waals surface area contributed by atoms with Gasteiger partial charge in [-0.05, 0) is 25.7 Å². The minimum atomic E-state index is 0.701. The fourth-order valence-corrected chi connectivity index (χ4v) is 2.64. The number of hydrogen-bond acceptors (Lipinski definition) is 0. The maximum Gasteiger partial charge on any atom is 0.0153 e. The molecule has 0 bridgehead atoms. The van der Waals surface area contributed by atoms with E-state index in [4.69, 9.17) is 0 Å². The lowest BCUT2D eigenvalue weighted by Gasteiger charge is -2.05. The normalized spacial score (nSPS) is 12.9. The molecule has 0 amide bonds. The van der Waals surface area contributed by atoms with Crippen molar-refractivity contribution in [2.24, 2.45) is 0 Å². The Morgan fingerprint density at radius 2 is 2.00 bits per heavy atom. The fraction of sp³-hybridized carbons (Fsp3) is 0.778. The second-order valence-corrected chi connectivity index (χ2v) is 4.74. The van der Waals surface area contributed by atoms with E-state index in [9.17, 15) is 0 Å². The summed E-state index contributed by atoms with van der Waals surface area (Å²) in [5, 5.41) is 1.10. The molecule has 0 aromatic rings. The monoisotopic (exact) mass is 282 g/mol. The van der Waals surface area contributed by atoms with Gasteiger partial charge in [-0.2, -0.15) is 0 Å². The van der Waals surface area contributed by atoms with Gasteiger partial charge in [0.15, 0.2) is 0 Å². The Morgan fingerprint density at radius 1 is 1.27 bits per heavy atom. The van der Waals surface area contributed by atoms with Crippen LogP contribution in [0.1, 0.15) is 32.1 Å². The molecule has 0 saturated carbocycles. The summed E-state index contributed by atoms with van der Waals surface area (Å²) < 4.78 is 0. The Morgan fingerprint density at radius 3 is 2.55 bits per heavy atom. The van der Waals surface area contributed by atoms with Gasteiger partial charge in [-0.3, -0.25) is 0 Å². The Bertz CT molecular complexity index is 91.6. The molecule has 2 heteroatoms. The fourth-order valence-electron chi connectivity index (χ4n) is 0.917. The van der Waals surface area contributed by atoms with Gasteiger partial charge in [0, 0.05) is 10.2 Å². The highest BCUT2D eigenvalue weighted by Crippen LogP contribution is 2.15. The molecule has 0 heterocycles. The summed E-state index contributed by atoms with van der Waals surface area (Å²) in [4.78, 5) is 0.701. The van der Waals surface area contributed by atoms with Gasteiger partial charge in [0.05, 0.1) is 0 Å². The van der Waals surface area contributed by atoms with Crippen LogP contribution in [-0.2, 0) is 0 Å². The molecule has 0 aromatic carbocycles. The van der Waals surface area contributed by atoms with Gasteiger partial charge in [0.2, 0.25) is 0 Å². The van der Waals surface area contributed by atoms with Gasteiger partial charge in [-0.15, -0.1) is 6.58 Å². The molecule has 0 aliphatic heterocycles. The van der Waals surface area contributed by atoms with Gasteiger partial charge in [0.25, 0.3) is 0 Å². The number of rotatable bonds is 7. The molecule has 0 radical (unpaired) electrons. The topological polar surface area (TPSA) is 0 Å². The van der Waals surface area contributed by atoms with Gasteiger partial charge in [0.1, 0.15) is 0 Å². The number of halogens is 2. The highest BCUT2D eigenvalue weighted by atomic mass is 79.9. The van der Waals surface area contributed by atoms with Crippen molar-refractivity contribution < 1.29 is 0 Å². The lowest BCUT2D eigenvalue weighted by Crippen LogP contribution is -1.97. The average Bonchev–Trinajstić information content (AvgIpc) is 1.99. The second-order valence-electron chi connectivity index (χ2n) is 2.65. The van der Waals surface area contributed by atoms with E-state index >= 15 is 0 Å². The van der Waals surface area contributed by atoms with Crippen molar-refractivity contribution in [2.75, 3.05) is 5.33 Å². The van der Waals surface area contributed by atoms with Crippen molar-refractivity contribution in [3.8, 4) is 0 Å². The molecule has 0 aliphatic carbocycles. The van der Waals surface area contributed by atoms with Crippen molar-refractivity contribution in [2.45, 2.75) is 36.9 Å². The summed E-state index contributed by atoms with van der Waals surface area (Å²) in [5.41, 5.74) is 0. The van der Waals surface area contributed by atoms with Crippen LogP contribution in [0, 0.1) is 0 Å². The molecule has 11 heavy (non-hydrogen) atoms. The molecule has 0 fully saturated rings. The summed E-state index contributed by atoms with van der Waals surface area (Å²) >= 11 is 7.06. The predicted octanol–water partition coefficient (Wildman–Crippen LogP) is 4.28. The van der Waals surface area contributed by atoms with Crippen LogP contribution in [0.5, 0.6) is 0 Å². The largest absolute Gasteiger partial charge is 0.103 e. The van der Waals surface area contributed by atoms with Crippen LogP contribution in [0.25, 0.3) is 0 Å². The molecule has 0 rings (SSSR count). The third-order valence-electron chi connectivity index (χ3n) is 1.60. The molecule has 0 nitrogen and oxygen atoms in total. The van der Waals surface area contributed by atoms with E-state index in [1.54, 1.807) is 0 Å². The van der Waals surface area contributed by atoms with Crippen LogP contribution in [0.4, 0.5) is 0 Å². The summed E-state index contributed by atoms with van der Waals surface area (Å²) in [7, 11) is 0. The van der Waals surface area contributed by atoms with Crippen LogP contribution in [-0.4, -0.2) is 10.2 Å². The van der Waals surface area contributed by atoms with E-state index < -0.39 is 0 Å². The maximum atomic E-state index is 3.69. The molecule has 1 atom stereocenters. The third kappa shape index (κ3) is 8.61. The van der Waals surface area contributed by atoms with Crippen molar-refractivity contribution in [3.05, 3.63) is 12.7 Å². The molecular weight excluding hydrogens is 268 g/mol. The Kier molecular flexibility index (Phi) is 9.35. The Hall–Kier alpha value is 0.700. The van der Waals surface area contributed by atoms with Crippen molar-refractivity contribution in [1.29, 1.82) is 0 Å². The summed E-state index contributed by atoms with van der Waals surface area (Å²) in [6, 6.07) is 0. The van der Waals surface area contributed by atoms with Crippen LogP contribution in [0.2, 0.25) is 0 Å². The lowest BCUT2D eigenvalue weighted by atomic mass is 10.1. The molecule has 0 saturated heterocycles. The standard InChI is InChI=1S/C9H16Br2/c1-2-3-4-5-6-9(11)7-8-10/h2,9H,1,3-8H2. The van der Waals surface area contributed by atoms with Gasteiger partial charge in [-0.1, -0.05) is 44.4 Å². The third-order valence-corrected chi connectivity index (χ3v) is 2.97. The molecular formula is C9H16Br2. The number of alkyl halides is 2. The molecule has 0 aliphatic rings. The summed E-state index contributed by atoms with van der Waals surface area (Å²) in [5.74, 6) is 0.